The number of rotatable bonds is 4. The number of ether oxygens (including phenoxy) is 1. The zero-order valence-electron chi connectivity index (χ0n) is 12.9. The Hall–Kier alpha value is -3.34. The molecule has 0 atom stereocenters. The highest BCUT2D eigenvalue weighted by Gasteiger charge is 2.14. The van der Waals surface area contributed by atoms with Crippen LogP contribution in [0.15, 0.2) is 60.7 Å². The van der Waals surface area contributed by atoms with Gasteiger partial charge in [0.15, 0.2) is 0 Å². The van der Waals surface area contributed by atoms with Gasteiger partial charge in [-0.1, -0.05) is 24.3 Å². The van der Waals surface area contributed by atoms with Gasteiger partial charge in [-0.05, 0) is 47.2 Å². The molecule has 0 radical (unpaired) electrons. The number of carboxylic acids is 1. The number of methoxy groups -OCH3 is 1. The quantitative estimate of drug-likeness (QED) is 0.766. The second-order valence-corrected chi connectivity index (χ2v) is 5.24. The van der Waals surface area contributed by atoms with Crippen LogP contribution in [-0.4, -0.2) is 24.1 Å². The van der Waals surface area contributed by atoms with Crippen LogP contribution < -0.4 is 10.1 Å². The first kappa shape index (κ1) is 15.6. The Morgan fingerprint density at radius 2 is 1.58 bits per heavy atom. The summed E-state index contributed by atoms with van der Waals surface area (Å²) in [7, 11) is 1.52. The van der Waals surface area contributed by atoms with Gasteiger partial charge in [0, 0.05) is 5.69 Å². The van der Waals surface area contributed by atoms with Crippen LogP contribution in [0, 0.1) is 0 Å². The molecule has 2 N–H and O–H groups in total. The average molecular weight is 321 g/mol. The van der Waals surface area contributed by atoms with E-state index in [4.69, 9.17) is 9.84 Å². The normalized spacial score (nSPS) is 10.4. The van der Waals surface area contributed by atoms with Crippen LogP contribution in [0.1, 0.15) is 20.7 Å². The van der Waals surface area contributed by atoms with Crippen molar-refractivity contribution >= 4 is 28.3 Å². The van der Waals surface area contributed by atoms with Crippen molar-refractivity contribution in [3.05, 3.63) is 71.8 Å². The summed E-state index contributed by atoms with van der Waals surface area (Å²) in [5.41, 5.74) is 1.09. The molecule has 0 saturated carbocycles. The van der Waals surface area contributed by atoms with E-state index in [1.54, 1.807) is 18.2 Å². The Balaban J connectivity index is 1.91. The van der Waals surface area contributed by atoms with E-state index in [0.717, 1.165) is 10.8 Å². The molecule has 0 unspecified atom stereocenters. The van der Waals surface area contributed by atoms with Crippen LogP contribution in [0.5, 0.6) is 5.75 Å². The zero-order chi connectivity index (χ0) is 17.1. The minimum absolute atomic E-state index is 0.163. The molecule has 5 heteroatoms. The second-order valence-electron chi connectivity index (χ2n) is 5.24. The SMILES string of the molecule is COc1cc2ccccc2cc1C(=O)Nc1ccc(C(=O)O)cc1. The van der Waals surface area contributed by atoms with Gasteiger partial charge >= 0.3 is 5.97 Å². The topological polar surface area (TPSA) is 75.6 Å². The standard InChI is InChI=1S/C19H15NO4/c1-24-17-11-14-5-3-2-4-13(14)10-16(17)18(21)20-15-8-6-12(7-9-15)19(22)23/h2-11H,1H3,(H,20,21)(H,22,23). The number of nitrogens with one attached hydrogen (secondary N) is 1. The molecule has 0 saturated heterocycles. The number of carbonyl (C=O) groups excluding carboxylic acids is 1. The molecule has 0 heterocycles. The van der Waals surface area contributed by atoms with Crippen LogP contribution in [0.2, 0.25) is 0 Å². The number of anilines is 1. The molecule has 5 nitrogen and oxygen atoms in total. The fourth-order valence-corrected chi connectivity index (χ4v) is 2.46. The summed E-state index contributed by atoms with van der Waals surface area (Å²) in [6, 6.07) is 17.3. The molecular formula is C19H15NO4. The molecule has 0 fully saturated rings. The minimum atomic E-state index is -1.01. The van der Waals surface area contributed by atoms with Crippen molar-refractivity contribution in [1.29, 1.82) is 0 Å². The van der Waals surface area contributed by atoms with Crippen molar-refractivity contribution in [2.45, 2.75) is 0 Å². The van der Waals surface area contributed by atoms with Crippen molar-refractivity contribution in [1.82, 2.24) is 0 Å². The number of fused-ring (bicyclic) bond motifs is 1. The predicted octanol–water partition coefficient (Wildman–Crippen LogP) is 3.80. The van der Waals surface area contributed by atoms with E-state index < -0.39 is 5.97 Å². The van der Waals surface area contributed by atoms with Gasteiger partial charge in [-0.3, -0.25) is 4.79 Å². The number of hydrogen-bond donors (Lipinski definition) is 2. The van der Waals surface area contributed by atoms with Crippen LogP contribution >= 0.6 is 0 Å². The lowest BCUT2D eigenvalue weighted by atomic mass is 10.1. The lowest BCUT2D eigenvalue weighted by Gasteiger charge is -2.11. The molecule has 0 bridgehead atoms. The Morgan fingerprint density at radius 3 is 2.17 bits per heavy atom. The van der Waals surface area contributed by atoms with Gasteiger partial charge in [0.25, 0.3) is 5.91 Å². The monoisotopic (exact) mass is 321 g/mol. The van der Waals surface area contributed by atoms with E-state index in [1.165, 1.54) is 19.2 Å². The van der Waals surface area contributed by atoms with Crippen molar-refractivity contribution in [2.75, 3.05) is 12.4 Å². The van der Waals surface area contributed by atoms with E-state index in [1.807, 2.05) is 30.3 Å². The van der Waals surface area contributed by atoms with Crippen LogP contribution in [0.4, 0.5) is 5.69 Å². The molecule has 0 aliphatic rings. The number of benzene rings is 3. The fourth-order valence-electron chi connectivity index (χ4n) is 2.46. The Labute approximate surface area is 138 Å². The summed E-state index contributed by atoms with van der Waals surface area (Å²) < 4.78 is 5.32. The van der Waals surface area contributed by atoms with E-state index in [2.05, 4.69) is 5.32 Å². The highest BCUT2D eigenvalue weighted by Crippen LogP contribution is 2.26. The average Bonchev–Trinajstić information content (AvgIpc) is 2.61. The van der Waals surface area contributed by atoms with Gasteiger partial charge < -0.3 is 15.2 Å². The summed E-state index contributed by atoms with van der Waals surface area (Å²) in [4.78, 5) is 23.4. The minimum Gasteiger partial charge on any atom is -0.496 e. The van der Waals surface area contributed by atoms with Gasteiger partial charge in [-0.2, -0.15) is 0 Å². The van der Waals surface area contributed by atoms with Crippen molar-refractivity contribution in [2.24, 2.45) is 0 Å². The number of hydrogen-bond acceptors (Lipinski definition) is 3. The fraction of sp³-hybridized carbons (Fsp3) is 0.0526. The zero-order valence-corrected chi connectivity index (χ0v) is 12.9. The smallest absolute Gasteiger partial charge is 0.335 e. The van der Waals surface area contributed by atoms with E-state index in [-0.39, 0.29) is 11.5 Å². The third kappa shape index (κ3) is 3.05. The largest absolute Gasteiger partial charge is 0.496 e. The van der Waals surface area contributed by atoms with E-state index >= 15 is 0 Å². The molecule has 0 aliphatic heterocycles. The highest BCUT2D eigenvalue weighted by atomic mass is 16.5. The van der Waals surface area contributed by atoms with Crippen molar-refractivity contribution < 1.29 is 19.4 Å². The third-order valence-corrected chi connectivity index (χ3v) is 3.70. The summed E-state index contributed by atoms with van der Waals surface area (Å²) in [5, 5.41) is 13.6. The molecule has 0 aromatic heterocycles. The lowest BCUT2D eigenvalue weighted by Crippen LogP contribution is -2.13. The van der Waals surface area contributed by atoms with Gasteiger partial charge in [0.05, 0.1) is 18.2 Å². The van der Waals surface area contributed by atoms with Gasteiger partial charge in [0.1, 0.15) is 5.75 Å². The number of aromatic carboxylic acids is 1. The predicted molar refractivity (Wildman–Crippen MR) is 91.9 cm³/mol. The van der Waals surface area contributed by atoms with Gasteiger partial charge in [-0.25, -0.2) is 4.79 Å². The summed E-state index contributed by atoms with van der Waals surface area (Å²) in [5.74, 6) is -0.849. The number of carbonyl (C=O) groups is 2. The first-order valence-electron chi connectivity index (χ1n) is 7.30. The molecule has 0 spiro atoms. The molecule has 24 heavy (non-hydrogen) atoms. The Kier molecular flexibility index (Phi) is 4.16. The maximum atomic E-state index is 12.5. The van der Waals surface area contributed by atoms with Crippen molar-refractivity contribution in [3.8, 4) is 5.75 Å². The summed E-state index contributed by atoms with van der Waals surface area (Å²) >= 11 is 0. The summed E-state index contributed by atoms with van der Waals surface area (Å²) in [6.45, 7) is 0. The van der Waals surface area contributed by atoms with Crippen LogP contribution in [0.3, 0.4) is 0 Å². The van der Waals surface area contributed by atoms with Crippen LogP contribution in [0.25, 0.3) is 10.8 Å². The maximum absolute atomic E-state index is 12.5. The molecule has 1 amide bonds. The molecule has 3 aromatic rings. The van der Waals surface area contributed by atoms with Crippen molar-refractivity contribution in [3.63, 3.8) is 0 Å². The van der Waals surface area contributed by atoms with E-state index in [9.17, 15) is 9.59 Å². The van der Waals surface area contributed by atoms with Gasteiger partial charge in [-0.15, -0.1) is 0 Å². The first-order chi connectivity index (χ1) is 11.6. The Morgan fingerprint density at radius 1 is 0.958 bits per heavy atom. The molecule has 0 aliphatic carbocycles. The van der Waals surface area contributed by atoms with E-state index in [0.29, 0.717) is 17.0 Å². The maximum Gasteiger partial charge on any atom is 0.335 e. The first-order valence-corrected chi connectivity index (χ1v) is 7.30. The van der Waals surface area contributed by atoms with Gasteiger partial charge in [0.2, 0.25) is 0 Å². The summed E-state index contributed by atoms with van der Waals surface area (Å²) in [6.07, 6.45) is 0. The second kappa shape index (κ2) is 6.42. The third-order valence-electron chi connectivity index (χ3n) is 3.70. The molecule has 120 valence electrons. The molecule has 3 aromatic carbocycles. The number of carboxylic acid groups (broad SMARTS) is 1. The number of amides is 1. The van der Waals surface area contributed by atoms with Crippen LogP contribution in [-0.2, 0) is 0 Å². The highest BCUT2D eigenvalue weighted by molar-refractivity contribution is 6.08. The lowest BCUT2D eigenvalue weighted by molar-refractivity contribution is 0.0696. The molecular weight excluding hydrogens is 306 g/mol. The molecule has 3 rings (SSSR count). The Bertz CT molecular complexity index is 916.